The van der Waals surface area contributed by atoms with Gasteiger partial charge in [0.25, 0.3) is 5.91 Å². The predicted molar refractivity (Wildman–Crippen MR) is 98.2 cm³/mol. The number of hydrogen-bond acceptors (Lipinski definition) is 6. The summed E-state index contributed by atoms with van der Waals surface area (Å²) >= 11 is 1.85. The van der Waals surface area contributed by atoms with Crippen molar-refractivity contribution in [1.82, 2.24) is 19.6 Å². The van der Waals surface area contributed by atoms with Gasteiger partial charge in [-0.05, 0) is 12.5 Å². The van der Waals surface area contributed by atoms with Crippen LogP contribution in [-0.4, -0.2) is 95.5 Å². The fourth-order valence-corrected chi connectivity index (χ4v) is 4.74. The maximum Gasteiger partial charge on any atom is 0.274 e. The average Bonchev–Trinajstić information content (AvgIpc) is 3.23. The van der Waals surface area contributed by atoms with Crippen molar-refractivity contribution in [2.45, 2.75) is 23.8 Å². The van der Waals surface area contributed by atoms with Crippen LogP contribution in [0.2, 0.25) is 0 Å². The highest BCUT2D eigenvalue weighted by Crippen LogP contribution is 2.46. The van der Waals surface area contributed by atoms with Crippen molar-refractivity contribution in [2.75, 3.05) is 53.3 Å². The van der Waals surface area contributed by atoms with Crippen LogP contribution in [0.15, 0.2) is 12.3 Å². The highest BCUT2D eigenvalue weighted by Gasteiger charge is 2.51. The molecule has 1 aromatic rings. The average molecular weight is 382 g/mol. The zero-order valence-electron chi connectivity index (χ0n) is 15.5. The molecule has 0 aromatic carbocycles. The van der Waals surface area contributed by atoms with Crippen molar-refractivity contribution in [2.24, 2.45) is 0 Å². The highest BCUT2D eigenvalue weighted by molar-refractivity contribution is 8.01. The van der Waals surface area contributed by atoms with E-state index in [1.54, 1.807) is 38.2 Å². The van der Waals surface area contributed by atoms with Gasteiger partial charge in [0, 0.05) is 46.2 Å². The van der Waals surface area contributed by atoms with Crippen LogP contribution in [0.3, 0.4) is 0 Å². The van der Waals surface area contributed by atoms with Crippen molar-refractivity contribution in [3.8, 4) is 0 Å². The molecule has 26 heavy (non-hydrogen) atoms. The molecule has 0 aliphatic carbocycles. The molecule has 9 heteroatoms. The molecule has 2 saturated heterocycles. The molecule has 0 unspecified atom stereocenters. The number of likely N-dealkylation sites (N-methyl/N-ethyl adjacent to an activating group) is 1. The van der Waals surface area contributed by atoms with Gasteiger partial charge in [0.2, 0.25) is 5.91 Å². The lowest BCUT2D eigenvalue weighted by Gasteiger charge is -2.47. The number of rotatable bonds is 7. The minimum Gasteiger partial charge on any atom is -0.383 e. The van der Waals surface area contributed by atoms with Gasteiger partial charge in [-0.25, -0.2) is 0 Å². The molecule has 8 nitrogen and oxygen atoms in total. The molecular formula is C17H26N4O4S. The van der Waals surface area contributed by atoms with Crippen LogP contribution in [0.4, 0.5) is 0 Å². The normalized spacial score (nSPS) is 21.0. The molecule has 1 aromatic heterocycles. The number of methoxy groups -OCH3 is 1. The SMILES string of the molecule is COCCn1ccc(C(=O)N2CC3(C[C@H](OCC(=O)N(C)C)CS3)C2)n1. The third-order valence-electron chi connectivity index (χ3n) is 4.75. The second-order valence-electron chi connectivity index (χ2n) is 7.04. The summed E-state index contributed by atoms with van der Waals surface area (Å²) in [7, 11) is 5.09. The first-order valence-electron chi connectivity index (χ1n) is 8.70. The smallest absolute Gasteiger partial charge is 0.274 e. The summed E-state index contributed by atoms with van der Waals surface area (Å²) in [6.07, 6.45) is 2.76. The van der Waals surface area contributed by atoms with Crippen LogP contribution in [0.1, 0.15) is 16.9 Å². The number of hydrogen-bond donors (Lipinski definition) is 0. The van der Waals surface area contributed by atoms with Crippen LogP contribution in [0.5, 0.6) is 0 Å². The lowest BCUT2D eigenvalue weighted by Crippen LogP contribution is -2.60. The first kappa shape index (κ1) is 19.2. The van der Waals surface area contributed by atoms with Gasteiger partial charge >= 0.3 is 0 Å². The number of likely N-dealkylation sites (tertiary alicyclic amines) is 1. The Labute approximate surface area is 157 Å². The van der Waals surface area contributed by atoms with Gasteiger partial charge in [0.15, 0.2) is 0 Å². The van der Waals surface area contributed by atoms with Gasteiger partial charge in [-0.3, -0.25) is 14.3 Å². The maximum atomic E-state index is 12.6. The monoisotopic (exact) mass is 382 g/mol. The standard InChI is InChI=1S/C17H26N4O4S/c1-19(2)15(22)9-25-13-8-17(26-10-13)11-20(12-17)16(23)14-4-5-21(18-14)6-7-24-3/h4-5,13H,6-12H2,1-3H3/t13-/m0/s1. The number of ether oxygens (including phenoxy) is 2. The van der Waals surface area contributed by atoms with Crippen LogP contribution < -0.4 is 0 Å². The molecule has 0 bridgehead atoms. The Balaban J connectivity index is 1.45. The Morgan fingerprint density at radius 2 is 2.19 bits per heavy atom. The number of aromatic nitrogens is 2. The van der Waals surface area contributed by atoms with E-state index in [2.05, 4.69) is 5.10 Å². The quantitative estimate of drug-likeness (QED) is 0.677. The van der Waals surface area contributed by atoms with E-state index in [1.807, 2.05) is 16.7 Å². The van der Waals surface area contributed by atoms with Crippen molar-refractivity contribution in [3.05, 3.63) is 18.0 Å². The molecule has 0 saturated carbocycles. The van der Waals surface area contributed by atoms with E-state index in [-0.39, 0.29) is 29.3 Å². The lowest BCUT2D eigenvalue weighted by atomic mass is 9.92. The molecule has 0 radical (unpaired) electrons. The number of amides is 2. The minimum absolute atomic E-state index is 0.0228. The van der Waals surface area contributed by atoms with Crippen LogP contribution in [-0.2, 0) is 20.8 Å². The highest BCUT2D eigenvalue weighted by atomic mass is 32.2. The Hall–Kier alpha value is -1.58. The van der Waals surface area contributed by atoms with E-state index in [1.165, 1.54) is 4.90 Å². The molecule has 3 heterocycles. The summed E-state index contributed by atoms with van der Waals surface area (Å²) in [5, 5.41) is 4.32. The fourth-order valence-electron chi connectivity index (χ4n) is 3.19. The molecule has 0 N–H and O–H groups in total. The van der Waals surface area contributed by atoms with E-state index in [0.29, 0.717) is 31.9 Å². The van der Waals surface area contributed by atoms with E-state index >= 15 is 0 Å². The first-order chi connectivity index (χ1) is 12.4. The van der Waals surface area contributed by atoms with Gasteiger partial charge in [0.1, 0.15) is 12.3 Å². The van der Waals surface area contributed by atoms with Gasteiger partial charge < -0.3 is 19.3 Å². The van der Waals surface area contributed by atoms with Crippen molar-refractivity contribution >= 4 is 23.6 Å². The zero-order valence-corrected chi connectivity index (χ0v) is 16.3. The Morgan fingerprint density at radius 1 is 1.42 bits per heavy atom. The van der Waals surface area contributed by atoms with Crippen LogP contribution in [0.25, 0.3) is 0 Å². The van der Waals surface area contributed by atoms with Gasteiger partial charge in [-0.1, -0.05) is 0 Å². The number of carbonyl (C=O) groups excluding carboxylic acids is 2. The zero-order chi connectivity index (χ0) is 18.7. The van der Waals surface area contributed by atoms with E-state index in [9.17, 15) is 9.59 Å². The van der Waals surface area contributed by atoms with Crippen molar-refractivity contribution < 1.29 is 19.1 Å². The number of thioether (sulfide) groups is 1. The summed E-state index contributed by atoms with van der Waals surface area (Å²) in [6.45, 7) is 2.74. The third kappa shape index (κ3) is 4.21. The van der Waals surface area contributed by atoms with Gasteiger partial charge in [0.05, 0.1) is 24.0 Å². The minimum atomic E-state index is -0.0282. The largest absolute Gasteiger partial charge is 0.383 e. The van der Waals surface area contributed by atoms with Crippen molar-refractivity contribution in [1.29, 1.82) is 0 Å². The molecule has 2 aliphatic rings. The van der Waals surface area contributed by atoms with Crippen LogP contribution in [0, 0.1) is 0 Å². The molecule has 3 rings (SSSR count). The third-order valence-corrected chi connectivity index (χ3v) is 6.32. The number of carbonyl (C=O) groups is 2. The molecule has 1 atom stereocenters. The summed E-state index contributed by atoms with van der Waals surface area (Å²) in [4.78, 5) is 27.6. The predicted octanol–water partition coefficient (Wildman–Crippen LogP) is 0.334. The van der Waals surface area contributed by atoms with Crippen molar-refractivity contribution in [3.63, 3.8) is 0 Å². The molecule has 1 spiro atoms. The van der Waals surface area contributed by atoms with E-state index in [4.69, 9.17) is 9.47 Å². The second-order valence-corrected chi connectivity index (χ2v) is 8.53. The maximum absolute atomic E-state index is 12.6. The van der Waals surface area contributed by atoms with Crippen LogP contribution >= 0.6 is 11.8 Å². The molecule has 144 valence electrons. The summed E-state index contributed by atoms with van der Waals surface area (Å²) in [5.74, 6) is 0.818. The molecule has 2 fully saturated rings. The Morgan fingerprint density at radius 3 is 2.88 bits per heavy atom. The lowest BCUT2D eigenvalue weighted by molar-refractivity contribution is -0.135. The fraction of sp³-hybridized carbons (Fsp3) is 0.706. The summed E-state index contributed by atoms with van der Waals surface area (Å²) < 4.78 is 12.6. The Bertz CT molecular complexity index is 657. The Kier molecular flexibility index (Phi) is 5.89. The van der Waals surface area contributed by atoms with Gasteiger partial charge in [-0.2, -0.15) is 5.10 Å². The molecule has 2 amide bonds. The van der Waals surface area contributed by atoms with E-state index in [0.717, 1.165) is 12.2 Å². The summed E-state index contributed by atoms with van der Waals surface area (Å²) in [5.41, 5.74) is 0.475. The second kappa shape index (κ2) is 7.98. The topological polar surface area (TPSA) is 76.9 Å². The molecular weight excluding hydrogens is 356 g/mol. The first-order valence-corrected chi connectivity index (χ1v) is 9.68. The van der Waals surface area contributed by atoms with E-state index < -0.39 is 0 Å². The molecule has 2 aliphatic heterocycles. The number of nitrogens with zero attached hydrogens (tertiary/aromatic N) is 4. The van der Waals surface area contributed by atoms with Gasteiger partial charge in [-0.15, -0.1) is 11.8 Å². The summed E-state index contributed by atoms with van der Waals surface area (Å²) in [6, 6.07) is 1.75.